The van der Waals surface area contributed by atoms with Crippen LogP contribution in [0.5, 0.6) is 0 Å². The molecule has 0 spiro atoms. The second-order valence-corrected chi connectivity index (χ2v) is 4.88. The molecular formula is C14H26N4O. The average molecular weight is 266 g/mol. The standard InChI is InChI=1S/C14H26N4O/c1-5-11-17-12(15-4)8-13(18-11)16-9-14(6-2,7-3)10-19/h8,19H,5-7,9-10H2,1-4H3,(H2,15,16,17,18). The molecule has 0 aliphatic heterocycles. The van der Waals surface area contributed by atoms with Crippen molar-refractivity contribution in [3.8, 4) is 0 Å². The van der Waals surface area contributed by atoms with E-state index in [1.165, 1.54) is 0 Å². The van der Waals surface area contributed by atoms with Crippen LogP contribution in [0.4, 0.5) is 11.6 Å². The van der Waals surface area contributed by atoms with Crippen LogP contribution in [0.2, 0.25) is 0 Å². The van der Waals surface area contributed by atoms with Gasteiger partial charge < -0.3 is 15.7 Å². The Bertz CT molecular complexity index is 361. The summed E-state index contributed by atoms with van der Waals surface area (Å²) in [6.07, 6.45) is 2.69. The minimum absolute atomic E-state index is 0.0723. The summed E-state index contributed by atoms with van der Waals surface area (Å²) in [5.74, 6) is 2.45. The Balaban J connectivity index is 2.81. The van der Waals surface area contributed by atoms with Crippen molar-refractivity contribution in [3.05, 3.63) is 11.9 Å². The maximum atomic E-state index is 9.57. The van der Waals surface area contributed by atoms with E-state index in [4.69, 9.17) is 0 Å². The molecule has 0 saturated carbocycles. The summed E-state index contributed by atoms with van der Waals surface area (Å²) in [4.78, 5) is 8.83. The van der Waals surface area contributed by atoms with Crippen LogP contribution in [0.25, 0.3) is 0 Å². The van der Waals surface area contributed by atoms with Gasteiger partial charge in [0.2, 0.25) is 0 Å². The van der Waals surface area contributed by atoms with Gasteiger partial charge in [-0.25, -0.2) is 9.97 Å². The van der Waals surface area contributed by atoms with Crippen molar-refractivity contribution in [3.63, 3.8) is 0 Å². The van der Waals surface area contributed by atoms with Crippen molar-refractivity contribution in [1.29, 1.82) is 0 Å². The predicted molar refractivity (Wildman–Crippen MR) is 79.5 cm³/mol. The van der Waals surface area contributed by atoms with Crippen LogP contribution < -0.4 is 10.6 Å². The summed E-state index contributed by atoms with van der Waals surface area (Å²) in [6, 6.07) is 1.90. The highest BCUT2D eigenvalue weighted by Crippen LogP contribution is 2.26. The zero-order chi connectivity index (χ0) is 14.3. The van der Waals surface area contributed by atoms with Gasteiger partial charge in [-0.1, -0.05) is 20.8 Å². The molecule has 5 nitrogen and oxygen atoms in total. The normalized spacial score (nSPS) is 11.4. The van der Waals surface area contributed by atoms with Gasteiger partial charge >= 0.3 is 0 Å². The van der Waals surface area contributed by atoms with Crippen LogP contribution in [0, 0.1) is 5.41 Å². The van der Waals surface area contributed by atoms with Crippen molar-refractivity contribution in [2.75, 3.05) is 30.8 Å². The van der Waals surface area contributed by atoms with E-state index in [-0.39, 0.29) is 12.0 Å². The van der Waals surface area contributed by atoms with E-state index in [0.29, 0.717) is 0 Å². The molecule has 0 atom stereocenters. The Morgan fingerprint density at radius 2 is 1.79 bits per heavy atom. The van der Waals surface area contributed by atoms with E-state index in [2.05, 4.69) is 34.4 Å². The van der Waals surface area contributed by atoms with Crippen molar-refractivity contribution >= 4 is 11.6 Å². The highest BCUT2D eigenvalue weighted by Gasteiger charge is 2.25. The molecule has 0 saturated heterocycles. The Hall–Kier alpha value is -1.36. The molecule has 5 heteroatoms. The van der Waals surface area contributed by atoms with Gasteiger partial charge in [-0.15, -0.1) is 0 Å². The van der Waals surface area contributed by atoms with Gasteiger partial charge in [-0.3, -0.25) is 0 Å². The topological polar surface area (TPSA) is 70.1 Å². The first-order valence-corrected chi connectivity index (χ1v) is 7.03. The van der Waals surface area contributed by atoms with E-state index < -0.39 is 0 Å². The molecule has 0 aromatic carbocycles. The van der Waals surface area contributed by atoms with Gasteiger partial charge in [-0.05, 0) is 12.8 Å². The molecule has 0 fully saturated rings. The molecule has 1 aromatic rings. The van der Waals surface area contributed by atoms with Crippen LogP contribution in [0.3, 0.4) is 0 Å². The molecule has 0 aliphatic rings. The van der Waals surface area contributed by atoms with Crippen LogP contribution in [0.15, 0.2) is 6.07 Å². The number of aryl methyl sites for hydroxylation is 1. The number of aliphatic hydroxyl groups is 1. The molecule has 0 bridgehead atoms. The fourth-order valence-electron chi connectivity index (χ4n) is 1.93. The maximum Gasteiger partial charge on any atom is 0.132 e. The lowest BCUT2D eigenvalue weighted by Gasteiger charge is -2.29. The Kier molecular flexibility index (Phi) is 6.02. The molecule has 19 heavy (non-hydrogen) atoms. The van der Waals surface area contributed by atoms with Crippen molar-refractivity contribution in [1.82, 2.24) is 9.97 Å². The lowest BCUT2D eigenvalue weighted by atomic mass is 9.83. The number of aliphatic hydroxyl groups excluding tert-OH is 1. The lowest BCUT2D eigenvalue weighted by molar-refractivity contribution is 0.127. The first-order valence-electron chi connectivity index (χ1n) is 7.03. The van der Waals surface area contributed by atoms with Crippen molar-refractivity contribution < 1.29 is 5.11 Å². The monoisotopic (exact) mass is 266 g/mol. The Labute approximate surface area is 115 Å². The second-order valence-electron chi connectivity index (χ2n) is 4.88. The van der Waals surface area contributed by atoms with Gasteiger partial charge in [0.05, 0.1) is 6.61 Å². The van der Waals surface area contributed by atoms with Gasteiger partial charge in [0, 0.05) is 31.5 Å². The molecular weight excluding hydrogens is 240 g/mol. The molecule has 0 aliphatic carbocycles. The molecule has 0 radical (unpaired) electrons. The minimum atomic E-state index is -0.0723. The lowest BCUT2D eigenvalue weighted by Crippen LogP contribution is -2.32. The van der Waals surface area contributed by atoms with Crippen LogP contribution in [0.1, 0.15) is 39.4 Å². The van der Waals surface area contributed by atoms with E-state index >= 15 is 0 Å². The van der Waals surface area contributed by atoms with Crippen molar-refractivity contribution in [2.45, 2.75) is 40.0 Å². The number of anilines is 2. The summed E-state index contributed by atoms with van der Waals surface area (Å²) in [5, 5.41) is 15.9. The van der Waals surface area contributed by atoms with E-state index in [1.54, 1.807) is 0 Å². The molecule has 3 N–H and O–H groups in total. The smallest absolute Gasteiger partial charge is 0.132 e. The van der Waals surface area contributed by atoms with Gasteiger partial charge in [-0.2, -0.15) is 0 Å². The second kappa shape index (κ2) is 7.28. The summed E-state index contributed by atoms with van der Waals surface area (Å²) in [5.41, 5.74) is -0.0723. The van der Waals surface area contributed by atoms with Gasteiger partial charge in [0.1, 0.15) is 17.5 Å². The number of nitrogens with one attached hydrogen (secondary N) is 2. The van der Waals surface area contributed by atoms with Gasteiger partial charge in [0.15, 0.2) is 0 Å². The largest absolute Gasteiger partial charge is 0.396 e. The zero-order valence-corrected chi connectivity index (χ0v) is 12.5. The number of hydrogen-bond acceptors (Lipinski definition) is 5. The molecule has 0 unspecified atom stereocenters. The van der Waals surface area contributed by atoms with Crippen LogP contribution in [-0.4, -0.2) is 35.3 Å². The zero-order valence-electron chi connectivity index (χ0n) is 12.5. The Morgan fingerprint density at radius 1 is 1.16 bits per heavy atom. The maximum absolute atomic E-state index is 9.57. The highest BCUT2D eigenvalue weighted by atomic mass is 16.3. The number of aromatic nitrogens is 2. The number of nitrogens with zero attached hydrogens (tertiary/aromatic N) is 2. The number of hydrogen-bond donors (Lipinski definition) is 3. The SMILES string of the molecule is CCc1nc(NC)cc(NCC(CC)(CC)CO)n1. The predicted octanol–water partition coefficient (Wildman–Crippen LogP) is 2.29. The molecule has 1 rings (SSSR count). The molecule has 1 aromatic heterocycles. The number of rotatable bonds is 8. The Morgan fingerprint density at radius 3 is 2.26 bits per heavy atom. The first-order chi connectivity index (χ1) is 9.12. The average Bonchev–Trinajstić information content (AvgIpc) is 2.48. The molecule has 0 amide bonds. The van der Waals surface area contributed by atoms with E-state index in [1.807, 2.05) is 20.0 Å². The fraction of sp³-hybridized carbons (Fsp3) is 0.714. The summed E-state index contributed by atoms with van der Waals surface area (Å²) in [7, 11) is 1.85. The van der Waals surface area contributed by atoms with Crippen LogP contribution >= 0.6 is 0 Å². The third kappa shape index (κ3) is 4.06. The van der Waals surface area contributed by atoms with Crippen molar-refractivity contribution in [2.24, 2.45) is 5.41 Å². The van der Waals surface area contributed by atoms with Crippen LogP contribution in [-0.2, 0) is 6.42 Å². The molecule has 108 valence electrons. The van der Waals surface area contributed by atoms with E-state index in [0.717, 1.165) is 43.3 Å². The van der Waals surface area contributed by atoms with Gasteiger partial charge in [0.25, 0.3) is 0 Å². The molecule has 1 heterocycles. The highest BCUT2D eigenvalue weighted by molar-refractivity contribution is 5.47. The summed E-state index contributed by atoms with van der Waals surface area (Å²) in [6.45, 7) is 7.17. The summed E-state index contributed by atoms with van der Waals surface area (Å²) < 4.78 is 0. The third-order valence-electron chi connectivity index (χ3n) is 3.82. The third-order valence-corrected chi connectivity index (χ3v) is 3.82. The first kappa shape index (κ1) is 15.7. The minimum Gasteiger partial charge on any atom is -0.396 e. The summed E-state index contributed by atoms with van der Waals surface area (Å²) >= 11 is 0. The van der Waals surface area contributed by atoms with E-state index in [9.17, 15) is 5.11 Å². The quantitative estimate of drug-likeness (QED) is 0.673. The fourth-order valence-corrected chi connectivity index (χ4v) is 1.93.